The molecule has 3 rings (SSSR count). The summed E-state index contributed by atoms with van der Waals surface area (Å²) in [6.45, 7) is 11.3. The molecule has 0 aliphatic carbocycles. The van der Waals surface area contributed by atoms with E-state index in [0.29, 0.717) is 68.3 Å². The monoisotopic (exact) mass is 682 g/mol. The Morgan fingerprint density at radius 3 is 2.08 bits per heavy atom. The second-order valence-corrected chi connectivity index (χ2v) is 10.4. The van der Waals surface area contributed by atoms with Crippen LogP contribution in [0.3, 0.4) is 0 Å². The Morgan fingerprint density at radius 2 is 1.43 bits per heavy atom. The van der Waals surface area contributed by atoms with Crippen molar-refractivity contribution in [2.45, 2.75) is 38.7 Å². The summed E-state index contributed by atoms with van der Waals surface area (Å²) >= 11 is 0. The lowest BCUT2D eigenvalue weighted by Gasteiger charge is -2.17. The molecule has 13 nitrogen and oxygen atoms in total. The molecular formula is C36H42O13. The lowest BCUT2D eigenvalue weighted by Crippen LogP contribution is -2.11. The molecule has 0 heterocycles. The van der Waals surface area contributed by atoms with Crippen LogP contribution < -0.4 is 9.47 Å². The number of aryl methyl sites for hydroxylation is 1. The van der Waals surface area contributed by atoms with Crippen molar-refractivity contribution in [2.24, 2.45) is 0 Å². The molecule has 0 amide bonds. The second-order valence-electron chi connectivity index (χ2n) is 10.4. The molecule has 0 spiro atoms. The van der Waals surface area contributed by atoms with Crippen molar-refractivity contribution >= 4 is 18.2 Å². The Morgan fingerprint density at radius 1 is 0.796 bits per heavy atom. The lowest BCUT2D eigenvalue weighted by atomic mass is 9.97. The molecule has 0 aromatic heterocycles. The van der Waals surface area contributed by atoms with Crippen LogP contribution in [-0.2, 0) is 43.7 Å². The fraction of sp³-hybridized carbons (Fsp3) is 0.333. The quantitative estimate of drug-likeness (QED) is 0.0178. The average Bonchev–Trinajstić information content (AvgIpc) is 3.11. The predicted octanol–water partition coefficient (Wildman–Crippen LogP) is 7.64. The topological polar surface area (TPSA) is 147 Å². The molecule has 1 unspecified atom stereocenters. The van der Waals surface area contributed by atoms with E-state index in [0.717, 1.165) is 22.3 Å². The summed E-state index contributed by atoms with van der Waals surface area (Å²) in [6, 6.07) is 19.4. The van der Waals surface area contributed by atoms with E-state index in [9.17, 15) is 14.8 Å². The summed E-state index contributed by atoms with van der Waals surface area (Å²) in [6.07, 6.45) is 2.59. The van der Waals surface area contributed by atoms with Gasteiger partial charge in [-0.3, -0.25) is 10.1 Å². The maximum absolute atomic E-state index is 12.0. The Bertz CT molecular complexity index is 1420. The standard InChI is InChI=1S/C36H42O13/c1-4-19-41-42-21-6-5-20-40-36(38)48-33-16-14-32(15-17-33)47-34-18-13-31(24-27(34)2)35(49-39)30-11-9-29(10-12-30)28(3)25-45-43-22-7-8-23-44-46-26-37/h4,9-18,24,26,35,39H,1,3,5-8,19-23,25H2,2H3. The van der Waals surface area contributed by atoms with Crippen LogP contribution in [0.25, 0.3) is 5.57 Å². The summed E-state index contributed by atoms with van der Waals surface area (Å²) in [4.78, 5) is 55.7. The van der Waals surface area contributed by atoms with Gasteiger partial charge in [-0.2, -0.15) is 4.89 Å². The van der Waals surface area contributed by atoms with Gasteiger partial charge in [-0.25, -0.2) is 29.2 Å². The smallest absolute Gasteiger partial charge is 0.457 e. The van der Waals surface area contributed by atoms with Crippen molar-refractivity contribution in [2.75, 3.05) is 39.6 Å². The zero-order chi connectivity index (χ0) is 35.1. The Balaban J connectivity index is 1.44. The molecule has 3 aromatic rings. The Hall–Kier alpha value is -4.60. The van der Waals surface area contributed by atoms with Crippen molar-refractivity contribution < 1.29 is 63.3 Å². The van der Waals surface area contributed by atoms with Crippen LogP contribution in [0.5, 0.6) is 17.2 Å². The molecule has 0 aliphatic rings. The van der Waals surface area contributed by atoms with E-state index < -0.39 is 12.3 Å². The van der Waals surface area contributed by atoms with E-state index in [1.165, 1.54) is 0 Å². The van der Waals surface area contributed by atoms with Crippen molar-refractivity contribution in [1.82, 2.24) is 0 Å². The average molecular weight is 683 g/mol. The molecule has 0 aliphatic heterocycles. The van der Waals surface area contributed by atoms with E-state index in [1.54, 1.807) is 42.5 Å². The van der Waals surface area contributed by atoms with Crippen LogP contribution >= 0.6 is 0 Å². The molecule has 13 heteroatoms. The first-order chi connectivity index (χ1) is 23.9. The van der Waals surface area contributed by atoms with Crippen LogP contribution in [0, 0.1) is 6.92 Å². The molecule has 264 valence electrons. The summed E-state index contributed by atoms with van der Waals surface area (Å²) < 4.78 is 16.3. The largest absolute Gasteiger partial charge is 0.513 e. The van der Waals surface area contributed by atoms with E-state index in [4.69, 9.17) is 38.6 Å². The van der Waals surface area contributed by atoms with Crippen LogP contribution in [0.1, 0.15) is 54.0 Å². The van der Waals surface area contributed by atoms with Crippen LogP contribution in [0.4, 0.5) is 4.79 Å². The SMILES string of the molecule is C=CCOOCCCCOC(=O)Oc1ccc(Oc2ccc(C(OO)c3ccc(C(=C)COOCCCCOOC=O)cc3)cc2C)cc1. The zero-order valence-electron chi connectivity index (χ0n) is 27.4. The van der Waals surface area contributed by atoms with Gasteiger partial charge in [0.25, 0.3) is 0 Å². The summed E-state index contributed by atoms with van der Waals surface area (Å²) in [7, 11) is 0. The number of carbonyl (C=O) groups excluding carboxylic acids is 2. The third kappa shape index (κ3) is 14.6. The highest BCUT2D eigenvalue weighted by Crippen LogP contribution is 2.32. The van der Waals surface area contributed by atoms with Gasteiger partial charge >= 0.3 is 12.6 Å². The molecular weight excluding hydrogens is 640 g/mol. The maximum Gasteiger partial charge on any atom is 0.513 e. The molecule has 1 atom stereocenters. The second kappa shape index (κ2) is 22.9. The van der Waals surface area contributed by atoms with E-state index in [2.05, 4.69) is 22.9 Å². The number of benzene rings is 3. The van der Waals surface area contributed by atoms with Gasteiger partial charge in [0.1, 0.15) is 36.6 Å². The first-order valence-electron chi connectivity index (χ1n) is 15.6. The van der Waals surface area contributed by atoms with Gasteiger partial charge in [-0.05, 0) is 96.8 Å². The first-order valence-corrected chi connectivity index (χ1v) is 15.6. The third-order valence-corrected chi connectivity index (χ3v) is 6.72. The Labute approximate surface area is 285 Å². The molecule has 0 fully saturated rings. The molecule has 3 aromatic carbocycles. The highest BCUT2D eigenvalue weighted by atomic mass is 17.2. The van der Waals surface area contributed by atoms with Gasteiger partial charge in [-0.15, -0.1) is 6.58 Å². The summed E-state index contributed by atoms with van der Waals surface area (Å²) in [5.74, 6) is 1.44. The highest BCUT2D eigenvalue weighted by molar-refractivity contribution is 5.64. The number of rotatable bonds is 25. The minimum absolute atomic E-state index is 0.164. The van der Waals surface area contributed by atoms with Gasteiger partial charge in [0.15, 0.2) is 0 Å². The van der Waals surface area contributed by atoms with Crippen molar-refractivity contribution in [1.29, 1.82) is 0 Å². The Kier molecular flexibility index (Phi) is 18.1. The minimum Gasteiger partial charge on any atom is -0.457 e. The molecule has 1 N–H and O–H groups in total. The van der Waals surface area contributed by atoms with Gasteiger partial charge in [0.05, 0.1) is 26.4 Å². The van der Waals surface area contributed by atoms with E-state index in [1.807, 2.05) is 37.3 Å². The van der Waals surface area contributed by atoms with Gasteiger partial charge in [0.2, 0.25) is 0 Å². The van der Waals surface area contributed by atoms with Crippen molar-refractivity contribution in [3.8, 4) is 17.2 Å². The lowest BCUT2D eigenvalue weighted by molar-refractivity contribution is -0.287. The predicted molar refractivity (Wildman–Crippen MR) is 176 cm³/mol. The summed E-state index contributed by atoms with van der Waals surface area (Å²) in [5.41, 5.74) is 3.79. The minimum atomic E-state index is -0.803. The molecule has 0 saturated heterocycles. The van der Waals surface area contributed by atoms with E-state index in [-0.39, 0.29) is 26.3 Å². The molecule has 0 radical (unpaired) electrons. The van der Waals surface area contributed by atoms with Gasteiger partial charge in [-0.1, -0.05) is 43.0 Å². The number of ether oxygens (including phenoxy) is 3. The van der Waals surface area contributed by atoms with Crippen LogP contribution in [0.15, 0.2) is 86.0 Å². The van der Waals surface area contributed by atoms with Crippen molar-refractivity contribution in [3.05, 3.63) is 108 Å². The maximum atomic E-state index is 12.0. The fourth-order valence-corrected chi connectivity index (χ4v) is 4.21. The zero-order valence-corrected chi connectivity index (χ0v) is 27.4. The van der Waals surface area contributed by atoms with Crippen molar-refractivity contribution in [3.63, 3.8) is 0 Å². The van der Waals surface area contributed by atoms with Gasteiger partial charge in [0, 0.05) is 0 Å². The number of carbonyl (C=O) groups is 2. The van der Waals surface area contributed by atoms with E-state index >= 15 is 0 Å². The van der Waals surface area contributed by atoms with Gasteiger partial charge < -0.3 is 19.1 Å². The highest BCUT2D eigenvalue weighted by Gasteiger charge is 2.17. The summed E-state index contributed by atoms with van der Waals surface area (Å²) in [5, 5.41) is 9.78. The fourth-order valence-electron chi connectivity index (χ4n) is 4.21. The molecule has 0 bridgehead atoms. The molecule has 0 saturated carbocycles. The number of hydrogen-bond acceptors (Lipinski definition) is 13. The number of hydrogen-bond donors (Lipinski definition) is 1. The molecule has 49 heavy (non-hydrogen) atoms. The first kappa shape index (κ1) is 38.8. The van der Waals surface area contributed by atoms with Crippen LogP contribution in [-0.4, -0.2) is 57.5 Å². The number of unbranched alkanes of at least 4 members (excludes halogenated alkanes) is 2. The normalized spacial score (nSPS) is 11.4. The third-order valence-electron chi connectivity index (χ3n) is 6.72. The van der Waals surface area contributed by atoms with Crippen LogP contribution in [0.2, 0.25) is 0 Å².